The second-order valence-corrected chi connectivity index (χ2v) is 10.1. The standard InChI is InChI=1S/C31H35N3O2/c1-5-23(4)24-10-12-27(13-11-24)36-15-14-33-29-9-7-6-8-28(29)32-31(33)25-19-30(35)34(20-25)26-17-21(2)16-22(3)18-26/h6-13,16-18,23,25H,5,14-15,19-20H2,1-4H3. The van der Waals surface area contributed by atoms with Crippen LogP contribution in [0, 0.1) is 13.8 Å². The van der Waals surface area contributed by atoms with E-state index in [2.05, 4.69) is 80.8 Å². The molecule has 0 aliphatic carbocycles. The van der Waals surface area contributed by atoms with Crippen molar-refractivity contribution in [3.05, 3.63) is 89.2 Å². The number of fused-ring (bicyclic) bond motifs is 1. The number of hydrogen-bond donors (Lipinski definition) is 0. The molecule has 0 bridgehead atoms. The molecule has 1 fully saturated rings. The molecule has 1 aromatic heterocycles. The Morgan fingerprint density at radius 2 is 1.75 bits per heavy atom. The van der Waals surface area contributed by atoms with E-state index in [0.717, 1.165) is 34.7 Å². The van der Waals surface area contributed by atoms with Gasteiger partial charge in [-0.1, -0.05) is 44.2 Å². The number of hydrogen-bond acceptors (Lipinski definition) is 3. The summed E-state index contributed by atoms with van der Waals surface area (Å²) in [4.78, 5) is 20.0. The highest BCUT2D eigenvalue weighted by Gasteiger charge is 2.35. The topological polar surface area (TPSA) is 47.4 Å². The van der Waals surface area contributed by atoms with Crippen LogP contribution in [0.5, 0.6) is 5.75 Å². The van der Waals surface area contributed by atoms with Crippen molar-refractivity contribution in [1.82, 2.24) is 9.55 Å². The van der Waals surface area contributed by atoms with Crippen molar-refractivity contribution >= 4 is 22.6 Å². The largest absolute Gasteiger partial charge is 0.492 e. The monoisotopic (exact) mass is 481 g/mol. The van der Waals surface area contributed by atoms with Crippen LogP contribution in [-0.2, 0) is 11.3 Å². The Morgan fingerprint density at radius 1 is 1.03 bits per heavy atom. The molecule has 5 nitrogen and oxygen atoms in total. The molecule has 2 unspecified atom stereocenters. The molecule has 1 aliphatic rings. The zero-order valence-electron chi connectivity index (χ0n) is 21.7. The SMILES string of the molecule is CCC(C)c1ccc(OCCn2c(C3CC(=O)N(c4cc(C)cc(C)c4)C3)nc3ccccc32)cc1. The Kier molecular flexibility index (Phi) is 6.82. The van der Waals surface area contributed by atoms with E-state index < -0.39 is 0 Å². The van der Waals surface area contributed by atoms with Gasteiger partial charge in [0.1, 0.15) is 18.2 Å². The van der Waals surface area contributed by atoms with Crippen LogP contribution in [0.15, 0.2) is 66.7 Å². The number of ether oxygens (including phenoxy) is 1. The van der Waals surface area contributed by atoms with Gasteiger partial charge in [0.15, 0.2) is 0 Å². The van der Waals surface area contributed by atoms with Gasteiger partial charge < -0.3 is 14.2 Å². The molecule has 0 saturated carbocycles. The van der Waals surface area contributed by atoms with Crippen molar-refractivity contribution in [2.75, 3.05) is 18.1 Å². The molecule has 3 aromatic carbocycles. The summed E-state index contributed by atoms with van der Waals surface area (Å²) in [5.74, 6) is 2.59. The number of nitrogens with zero attached hydrogens (tertiary/aromatic N) is 3. The summed E-state index contributed by atoms with van der Waals surface area (Å²) in [7, 11) is 0. The molecule has 1 aliphatic heterocycles. The van der Waals surface area contributed by atoms with Crippen molar-refractivity contribution in [2.24, 2.45) is 0 Å². The molecule has 2 atom stereocenters. The van der Waals surface area contributed by atoms with Gasteiger partial charge in [-0.05, 0) is 79.3 Å². The number of para-hydroxylation sites is 2. The van der Waals surface area contributed by atoms with E-state index in [0.29, 0.717) is 32.0 Å². The zero-order chi connectivity index (χ0) is 25.2. The minimum atomic E-state index is 0.0422. The van der Waals surface area contributed by atoms with Gasteiger partial charge in [-0.15, -0.1) is 0 Å². The average molecular weight is 482 g/mol. The molecule has 0 N–H and O–H groups in total. The van der Waals surface area contributed by atoms with Gasteiger partial charge >= 0.3 is 0 Å². The predicted molar refractivity (Wildman–Crippen MR) is 146 cm³/mol. The fourth-order valence-electron chi connectivity index (χ4n) is 5.26. The van der Waals surface area contributed by atoms with E-state index in [9.17, 15) is 4.79 Å². The van der Waals surface area contributed by atoms with Gasteiger partial charge in [-0.25, -0.2) is 4.98 Å². The Morgan fingerprint density at radius 3 is 2.47 bits per heavy atom. The lowest BCUT2D eigenvalue weighted by molar-refractivity contribution is -0.117. The number of aryl methyl sites for hydroxylation is 2. The number of carbonyl (C=O) groups excluding carboxylic acids is 1. The van der Waals surface area contributed by atoms with Gasteiger partial charge in [0.25, 0.3) is 0 Å². The first kappa shape index (κ1) is 24.1. The van der Waals surface area contributed by atoms with Crippen LogP contribution in [0.3, 0.4) is 0 Å². The average Bonchev–Trinajstić information content (AvgIpc) is 3.44. The number of amides is 1. The summed E-state index contributed by atoms with van der Waals surface area (Å²) in [6.45, 7) is 10.5. The van der Waals surface area contributed by atoms with Crippen molar-refractivity contribution in [2.45, 2.75) is 58.9 Å². The number of imidazole rings is 1. The van der Waals surface area contributed by atoms with Crippen LogP contribution in [0.4, 0.5) is 5.69 Å². The van der Waals surface area contributed by atoms with Gasteiger partial charge in [-0.2, -0.15) is 0 Å². The molecule has 1 amide bonds. The smallest absolute Gasteiger partial charge is 0.227 e. The third kappa shape index (κ3) is 4.88. The molecular weight excluding hydrogens is 446 g/mol. The first-order valence-corrected chi connectivity index (χ1v) is 13.0. The van der Waals surface area contributed by atoms with E-state index in [-0.39, 0.29) is 11.8 Å². The summed E-state index contributed by atoms with van der Waals surface area (Å²) >= 11 is 0. The van der Waals surface area contributed by atoms with E-state index >= 15 is 0 Å². The lowest BCUT2D eigenvalue weighted by Gasteiger charge is -2.19. The highest BCUT2D eigenvalue weighted by molar-refractivity contribution is 5.96. The highest BCUT2D eigenvalue weighted by Crippen LogP contribution is 2.34. The van der Waals surface area contributed by atoms with Gasteiger partial charge in [0.05, 0.1) is 17.6 Å². The van der Waals surface area contributed by atoms with Crippen LogP contribution < -0.4 is 9.64 Å². The Balaban J connectivity index is 1.35. The van der Waals surface area contributed by atoms with E-state index in [1.165, 1.54) is 16.7 Å². The van der Waals surface area contributed by atoms with Crippen molar-refractivity contribution in [3.8, 4) is 5.75 Å². The Hall–Kier alpha value is -3.60. The third-order valence-electron chi connectivity index (χ3n) is 7.34. The van der Waals surface area contributed by atoms with E-state index in [4.69, 9.17) is 9.72 Å². The highest BCUT2D eigenvalue weighted by atomic mass is 16.5. The van der Waals surface area contributed by atoms with Gasteiger partial charge in [0.2, 0.25) is 5.91 Å². The molecule has 36 heavy (non-hydrogen) atoms. The Bertz CT molecular complexity index is 1350. The maximum absolute atomic E-state index is 13.1. The summed E-state index contributed by atoms with van der Waals surface area (Å²) < 4.78 is 8.37. The lowest BCUT2D eigenvalue weighted by Crippen LogP contribution is -2.25. The zero-order valence-corrected chi connectivity index (χ0v) is 21.7. The quantitative estimate of drug-likeness (QED) is 0.279. The van der Waals surface area contributed by atoms with Crippen LogP contribution in [0.1, 0.15) is 61.0 Å². The summed E-state index contributed by atoms with van der Waals surface area (Å²) in [5, 5.41) is 0. The normalized spacial score (nSPS) is 16.6. The molecule has 1 saturated heterocycles. The van der Waals surface area contributed by atoms with Crippen LogP contribution in [0.2, 0.25) is 0 Å². The minimum Gasteiger partial charge on any atom is -0.492 e. The predicted octanol–water partition coefficient (Wildman–Crippen LogP) is 6.77. The number of carbonyl (C=O) groups is 1. The maximum atomic E-state index is 13.1. The summed E-state index contributed by atoms with van der Waals surface area (Å²) in [6, 6.07) is 23.0. The fraction of sp³-hybridized carbons (Fsp3) is 0.355. The van der Waals surface area contributed by atoms with Crippen LogP contribution in [0.25, 0.3) is 11.0 Å². The van der Waals surface area contributed by atoms with Crippen LogP contribution >= 0.6 is 0 Å². The van der Waals surface area contributed by atoms with Crippen molar-refractivity contribution in [1.29, 1.82) is 0 Å². The number of anilines is 1. The number of aromatic nitrogens is 2. The summed E-state index contributed by atoms with van der Waals surface area (Å²) in [6.07, 6.45) is 1.59. The molecule has 2 heterocycles. The first-order valence-electron chi connectivity index (χ1n) is 13.0. The fourth-order valence-corrected chi connectivity index (χ4v) is 5.26. The lowest BCUT2D eigenvalue weighted by atomic mass is 9.99. The minimum absolute atomic E-state index is 0.0422. The molecular formula is C31H35N3O2. The van der Waals surface area contributed by atoms with Crippen LogP contribution in [-0.4, -0.2) is 28.6 Å². The summed E-state index contributed by atoms with van der Waals surface area (Å²) in [5.41, 5.74) is 6.70. The second kappa shape index (κ2) is 10.2. The van der Waals surface area contributed by atoms with Crippen molar-refractivity contribution in [3.63, 3.8) is 0 Å². The first-order chi connectivity index (χ1) is 17.4. The van der Waals surface area contributed by atoms with Gasteiger partial charge in [0, 0.05) is 24.6 Å². The number of benzene rings is 3. The van der Waals surface area contributed by atoms with Crippen molar-refractivity contribution < 1.29 is 9.53 Å². The Labute approximate surface area is 213 Å². The third-order valence-corrected chi connectivity index (χ3v) is 7.34. The molecule has 4 aromatic rings. The molecule has 5 heteroatoms. The van der Waals surface area contributed by atoms with E-state index in [1.807, 2.05) is 23.1 Å². The van der Waals surface area contributed by atoms with E-state index in [1.54, 1.807) is 0 Å². The molecule has 5 rings (SSSR count). The van der Waals surface area contributed by atoms with Gasteiger partial charge in [-0.3, -0.25) is 4.79 Å². The number of rotatable bonds is 8. The molecule has 0 radical (unpaired) electrons. The molecule has 0 spiro atoms. The maximum Gasteiger partial charge on any atom is 0.227 e. The molecule has 186 valence electrons. The second-order valence-electron chi connectivity index (χ2n) is 10.1.